The third-order valence-electron chi connectivity index (χ3n) is 3.24. The normalized spacial score (nSPS) is 17.0. The number of nitrogens with zero attached hydrogens (tertiary/aromatic N) is 1. The van der Waals surface area contributed by atoms with Gasteiger partial charge in [-0.25, -0.2) is 4.98 Å². The predicted octanol–water partition coefficient (Wildman–Crippen LogP) is 0.932. The smallest absolute Gasteiger partial charge is 0.305 e. The van der Waals surface area contributed by atoms with Crippen molar-refractivity contribution in [2.24, 2.45) is 0 Å². The summed E-state index contributed by atoms with van der Waals surface area (Å²) < 4.78 is 15.4. The first-order valence-electron chi connectivity index (χ1n) is 7.24. The number of carbonyl (C=O) groups is 2. The summed E-state index contributed by atoms with van der Waals surface area (Å²) in [5.74, 6) is -0.0925. The second-order valence-electron chi connectivity index (χ2n) is 4.92. The quantitative estimate of drug-likeness (QED) is 0.596. The van der Waals surface area contributed by atoms with Gasteiger partial charge in [0.05, 0.1) is 20.3 Å². The molecule has 1 saturated heterocycles. The molecule has 1 aliphatic rings. The number of hydrogen-bond acceptors (Lipinski definition) is 6. The fourth-order valence-corrected chi connectivity index (χ4v) is 2.03. The molecular weight excluding hydrogens is 288 g/mol. The zero-order chi connectivity index (χ0) is 15.8. The Kier molecular flexibility index (Phi) is 6.14. The van der Waals surface area contributed by atoms with Crippen LogP contribution in [0.25, 0.3) is 0 Å². The summed E-state index contributed by atoms with van der Waals surface area (Å²) >= 11 is 0. The van der Waals surface area contributed by atoms with Gasteiger partial charge in [0, 0.05) is 37.2 Å². The summed E-state index contributed by atoms with van der Waals surface area (Å²) in [5.41, 5.74) is 0.474. The first kappa shape index (κ1) is 16.2. The molecule has 0 saturated carbocycles. The van der Waals surface area contributed by atoms with Gasteiger partial charge in [0.25, 0.3) is 5.91 Å². The summed E-state index contributed by atoms with van der Waals surface area (Å²) in [7, 11) is 1.34. The van der Waals surface area contributed by atoms with Crippen molar-refractivity contribution in [3.05, 3.63) is 23.9 Å². The SMILES string of the molecule is COC(=O)CCCNC(=O)c1ccnc(OC2CCOC2)c1. The highest BCUT2D eigenvalue weighted by Gasteiger charge is 2.18. The number of aromatic nitrogens is 1. The van der Waals surface area contributed by atoms with Crippen molar-refractivity contribution < 1.29 is 23.8 Å². The first-order valence-corrected chi connectivity index (χ1v) is 7.24. The molecule has 0 aromatic carbocycles. The molecule has 1 fully saturated rings. The summed E-state index contributed by atoms with van der Waals surface area (Å²) in [6, 6.07) is 3.22. The van der Waals surface area contributed by atoms with Crippen molar-refractivity contribution in [1.29, 1.82) is 0 Å². The molecule has 1 unspecified atom stereocenters. The lowest BCUT2D eigenvalue weighted by Crippen LogP contribution is -2.25. The molecule has 1 N–H and O–H groups in total. The van der Waals surface area contributed by atoms with Crippen LogP contribution in [0.3, 0.4) is 0 Å². The fraction of sp³-hybridized carbons (Fsp3) is 0.533. The van der Waals surface area contributed by atoms with E-state index in [1.165, 1.54) is 13.3 Å². The Balaban J connectivity index is 1.80. The molecule has 1 amide bonds. The number of ether oxygens (including phenoxy) is 3. The van der Waals surface area contributed by atoms with Crippen LogP contribution in [-0.4, -0.2) is 49.8 Å². The lowest BCUT2D eigenvalue weighted by atomic mass is 10.2. The number of methoxy groups -OCH3 is 1. The van der Waals surface area contributed by atoms with Crippen LogP contribution in [0.15, 0.2) is 18.3 Å². The van der Waals surface area contributed by atoms with Crippen LogP contribution in [0.1, 0.15) is 29.6 Å². The third kappa shape index (κ3) is 5.00. The molecule has 0 bridgehead atoms. The molecule has 7 heteroatoms. The highest BCUT2D eigenvalue weighted by molar-refractivity contribution is 5.94. The van der Waals surface area contributed by atoms with E-state index in [1.54, 1.807) is 12.1 Å². The molecule has 1 aromatic rings. The van der Waals surface area contributed by atoms with Crippen LogP contribution in [0, 0.1) is 0 Å². The third-order valence-corrected chi connectivity index (χ3v) is 3.24. The van der Waals surface area contributed by atoms with Crippen molar-refractivity contribution in [2.75, 3.05) is 26.9 Å². The maximum atomic E-state index is 12.0. The topological polar surface area (TPSA) is 86.8 Å². The molecule has 1 aliphatic heterocycles. The summed E-state index contributed by atoms with van der Waals surface area (Å²) in [6.45, 7) is 1.64. The van der Waals surface area contributed by atoms with Crippen LogP contribution in [-0.2, 0) is 14.3 Å². The molecule has 7 nitrogen and oxygen atoms in total. The number of hydrogen-bond donors (Lipinski definition) is 1. The molecule has 1 aromatic heterocycles. The maximum Gasteiger partial charge on any atom is 0.305 e. The van der Waals surface area contributed by atoms with E-state index in [2.05, 4.69) is 15.0 Å². The number of carbonyl (C=O) groups excluding carboxylic acids is 2. The van der Waals surface area contributed by atoms with E-state index in [1.807, 2.05) is 0 Å². The Bertz CT molecular complexity index is 514. The van der Waals surface area contributed by atoms with Crippen molar-refractivity contribution in [1.82, 2.24) is 10.3 Å². The lowest BCUT2D eigenvalue weighted by molar-refractivity contribution is -0.140. The van der Waals surface area contributed by atoms with E-state index in [9.17, 15) is 9.59 Å². The van der Waals surface area contributed by atoms with Crippen molar-refractivity contribution in [3.63, 3.8) is 0 Å². The molecule has 2 heterocycles. The molecule has 22 heavy (non-hydrogen) atoms. The van der Waals surface area contributed by atoms with E-state index in [-0.39, 0.29) is 24.4 Å². The Morgan fingerprint density at radius 2 is 2.36 bits per heavy atom. The molecule has 0 aliphatic carbocycles. The number of rotatable bonds is 7. The Morgan fingerprint density at radius 1 is 1.50 bits per heavy atom. The highest BCUT2D eigenvalue weighted by Crippen LogP contribution is 2.15. The molecule has 2 rings (SSSR count). The summed E-state index contributed by atoms with van der Waals surface area (Å²) in [4.78, 5) is 27.1. The van der Waals surface area contributed by atoms with E-state index in [4.69, 9.17) is 9.47 Å². The average Bonchev–Trinajstić information content (AvgIpc) is 3.04. The van der Waals surface area contributed by atoms with Gasteiger partial charge in [-0.15, -0.1) is 0 Å². The van der Waals surface area contributed by atoms with E-state index >= 15 is 0 Å². The van der Waals surface area contributed by atoms with Crippen LogP contribution in [0.2, 0.25) is 0 Å². The second kappa shape index (κ2) is 8.33. The minimum Gasteiger partial charge on any atom is -0.472 e. The first-order chi connectivity index (χ1) is 10.7. The second-order valence-corrected chi connectivity index (χ2v) is 4.92. The minimum atomic E-state index is -0.285. The van der Waals surface area contributed by atoms with E-state index in [0.29, 0.717) is 37.6 Å². The number of nitrogens with one attached hydrogen (secondary N) is 1. The predicted molar refractivity (Wildman–Crippen MR) is 77.7 cm³/mol. The van der Waals surface area contributed by atoms with Crippen LogP contribution in [0.4, 0.5) is 0 Å². The Labute approximate surface area is 129 Å². The summed E-state index contributed by atoms with van der Waals surface area (Å²) in [6.07, 6.45) is 3.17. The summed E-state index contributed by atoms with van der Waals surface area (Å²) in [5, 5.41) is 2.74. The van der Waals surface area contributed by atoms with Gasteiger partial charge in [-0.1, -0.05) is 0 Å². The Hall–Kier alpha value is -2.15. The van der Waals surface area contributed by atoms with Gasteiger partial charge in [0.15, 0.2) is 0 Å². The number of pyridine rings is 1. The number of esters is 1. The standard InChI is InChI=1S/C15H20N2O5/c1-20-14(18)3-2-6-17-15(19)11-4-7-16-13(9-11)22-12-5-8-21-10-12/h4,7,9,12H,2-3,5-6,8,10H2,1H3,(H,17,19). The van der Waals surface area contributed by atoms with Gasteiger partial charge in [-0.2, -0.15) is 0 Å². The van der Waals surface area contributed by atoms with Gasteiger partial charge in [-0.05, 0) is 12.5 Å². The van der Waals surface area contributed by atoms with Crippen molar-refractivity contribution in [2.45, 2.75) is 25.4 Å². The van der Waals surface area contributed by atoms with Gasteiger partial charge >= 0.3 is 5.97 Å². The van der Waals surface area contributed by atoms with E-state index < -0.39 is 0 Å². The molecule has 0 spiro atoms. The number of amides is 1. The lowest BCUT2D eigenvalue weighted by Gasteiger charge is -2.11. The largest absolute Gasteiger partial charge is 0.472 e. The zero-order valence-corrected chi connectivity index (χ0v) is 12.5. The van der Waals surface area contributed by atoms with Crippen LogP contribution < -0.4 is 10.1 Å². The zero-order valence-electron chi connectivity index (χ0n) is 12.5. The van der Waals surface area contributed by atoms with Crippen molar-refractivity contribution in [3.8, 4) is 5.88 Å². The van der Waals surface area contributed by atoms with Crippen LogP contribution >= 0.6 is 0 Å². The van der Waals surface area contributed by atoms with Crippen molar-refractivity contribution >= 4 is 11.9 Å². The Morgan fingerprint density at radius 3 is 3.09 bits per heavy atom. The maximum absolute atomic E-state index is 12.0. The molecule has 120 valence electrons. The minimum absolute atomic E-state index is 0.00846. The molecule has 0 radical (unpaired) electrons. The van der Waals surface area contributed by atoms with Gasteiger partial charge < -0.3 is 19.5 Å². The molecule has 1 atom stereocenters. The molecular formula is C15H20N2O5. The van der Waals surface area contributed by atoms with Gasteiger partial charge in [-0.3, -0.25) is 9.59 Å². The average molecular weight is 308 g/mol. The van der Waals surface area contributed by atoms with E-state index in [0.717, 1.165) is 6.42 Å². The highest BCUT2D eigenvalue weighted by atomic mass is 16.5. The van der Waals surface area contributed by atoms with Gasteiger partial charge in [0.1, 0.15) is 6.10 Å². The fourth-order valence-electron chi connectivity index (χ4n) is 2.03. The van der Waals surface area contributed by atoms with Gasteiger partial charge in [0.2, 0.25) is 5.88 Å². The monoisotopic (exact) mass is 308 g/mol. The van der Waals surface area contributed by atoms with Crippen LogP contribution in [0.5, 0.6) is 5.88 Å².